The van der Waals surface area contributed by atoms with Gasteiger partial charge in [-0.15, -0.1) is 11.3 Å². The molecule has 0 aromatic carbocycles. The van der Waals surface area contributed by atoms with Gasteiger partial charge in [-0.25, -0.2) is 0 Å². The number of carbonyl (C=O) groups is 1. The normalized spacial score (nSPS) is 10.5. The van der Waals surface area contributed by atoms with E-state index in [2.05, 4.69) is 44.6 Å². The van der Waals surface area contributed by atoms with E-state index in [-0.39, 0.29) is 5.91 Å². The van der Waals surface area contributed by atoms with E-state index >= 15 is 0 Å². The molecule has 90 valence electrons. The van der Waals surface area contributed by atoms with E-state index in [1.165, 1.54) is 10.4 Å². The van der Waals surface area contributed by atoms with E-state index < -0.39 is 0 Å². The zero-order chi connectivity index (χ0) is 12.3. The minimum absolute atomic E-state index is 0.0776. The summed E-state index contributed by atoms with van der Waals surface area (Å²) < 4.78 is 0.882. The van der Waals surface area contributed by atoms with Gasteiger partial charge in [-0.1, -0.05) is 6.92 Å². The van der Waals surface area contributed by atoms with E-state index in [0.29, 0.717) is 12.2 Å². The number of amides is 1. The van der Waals surface area contributed by atoms with Crippen molar-refractivity contribution in [1.82, 2.24) is 10.3 Å². The van der Waals surface area contributed by atoms with Gasteiger partial charge in [-0.05, 0) is 45.4 Å². The third kappa shape index (κ3) is 2.98. The molecule has 2 heterocycles. The Labute approximate surface area is 112 Å². The summed E-state index contributed by atoms with van der Waals surface area (Å²) in [5.41, 5.74) is 1.88. The number of hydrogen-bond acceptors (Lipinski definition) is 2. The standard InChI is InChI=1S/C12H13BrN2OS/c1-2-8-3-4-17-11(8)7-15-12(16)10-5-9(13)6-14-10/h3-6,14H,2,7H2,1H3,(H,15,16). The average molecular weight is 313 g/mol. The predicted molar refractivity (Wildman–Crippen MR) is 73.4 cm³/mol. The molecule has 1 amide bonds. The number of halogens is 1. The van der Waals surface area contributed by atoms with Crippen LogP contribution in [0.15, 0.2) is 28.2 Å². The molecule has 2 N–H and O–H groups in total. The first-order valence-corrected chi connectivity index (χ1v) is 7.05. The van der Waals surface area contributed by atoms with Crippen molar-refractivity contribution in [3.8, 4) is 0 Å². The molecule has 2 aromatic heterocycles. The average Bonchev–Trinajstić information content (AvgIpc) is 2.94. The largest absolute Gasteiger partial charge is 0.356 e. The molecular formula is C12H13BrN2OS. The van der Waals surface area contributed by atoms with Crippen molar-refractivity contribution in [2.75, 3.05) is 0 Å². The highest BCUT2D eigenvalue weighted by Crippen LogP contribution is 2.17. The maximum atomic E-state index is 11.8. The second kappa shape index (κ2) is 5.51. The molecule has 0 atom stereocenters. The monoisotopic (exact) mass is 312 g/mol. The van der Waals surface area contributed by atoms with Gasteiger partial charge in [0.05, 0.1) is 6.54 Å². The molecule has 0 aliphatic rings. The fourth-order valence-corrected chi connectivity index (χ4v) is 2.85. The van der Waals surface area contributed by atoms with Crippen molar-refractivity contribution in [2.24, 2.45) is 0 Å². The molecule has 0 bridgehead atoms. The Morgan fingerprint density at radius 1 is 1.59 bits per heavy atom. The van der Waals surface area contributed by atoms with Crippen LogP contribution in [0.2, 0.25) is 0 Å². The lowest BCUT2D eigenvalue weighted by Gasteiger charge is -2.03. The summed E-state index contributed by atoms with van der Waals surface area (Å²) in [7, 11) is 0. The van der Waals surface area contributed by atoms with Crippen molar-refractivity contribution in [3.05, 3.63) is 44.3 Å². The highest BCUT2D eigenvalue weighted by atomic mass is 79.9. The number of aromatic amines is 1. The summed E-state index contributed by atoms with van der Waals surface area (Å²) in [5.74, 6) is -0.0776. The van der Waals surface area contributed by atoms with Crippen molar-refractivity contribution >= 4 is 33.2 Å². The first-order chi connectivity index (χ1) is 8.20. The van der Waals surface area contributed by atoms with Crippen LogP contribution < -0.4 is 5.32 Å². The number of carbonyl (C=O) groups excluding carboxylic acids is 1. The van der Waals surface area contributed by atoms with Crippen LogP contribution >= 0.6 is 27.3 Å². The second-order valence-electron chi connectivity index (χ2n) is 3.64. The Morgan fingerprint density at radius 2 is 2.41 bits per heavy atom. The summed E-state index contributed by atoms with van der Waals surface area (Å²) in [6.45, 7) is 2.71. The molecule has 0 saturated carbocycles. The zero-order valence-electron chi connectivity index (χ0n) is 9.42. The number of nitrogens with one attached hydrogen (secondary N) is 2. The lowest BCUT2D eigenvalue weighted by molar-refractivity contribution is 0.0947. The van der Waals surface area contributed by atoms with E-state index in [9.17, 15) is 4.79 Å². The lowest BCUT2D eigenvalue weighted by Crippen LogP contribution is -2.23. The molecule has 0 aliphatic carbocycles. The van der Waals surface area contributed by atoms with Crippen LogP contribution in [0, 0.1) is 0 Å². The van der Waals surface area contributed by atoms with Gasteiger partial charge in [0.2, 0.25) is 0 Å². The summed E-state index contributed by atoms with van der Waals surface area (Å²) in [6.07, 6.45) is 2.75. The number of aryl methyl sites for hydroxylation is 1. The molecule has 2 rings (SSSR count). The number of H-pyrrole nitrogens is 1. The molecule has 3 nitrogen and oxygen atoms in total. The molecule has 5 heteroatoms. The summed E-state index contributed by atoms with van der Waals surface area (Å²) in [4.78, 5) is 15.9. The van der Waals surface area contributed by atoms with Crippen LogP contribution in [0.3, 0.4) is 0 Å². The topological polar surface area (TPSA) is 44.9 Å². The molecule has 2 aromatic rings. The summed E-state index contributed by atoms with van der Waals surface area (Å²) >= 11 is 4.99. The zero-order valence-corrected chi connectivity index (χ0v) is 11.8. The van der Waals surface area contributed by atoms with Crippen LogP contribution in [0.4, 0.5) is 0 Å². The highest BCUT2D eigenvalue weighted by Gasteiger charge is 2.09. The molecule has 0 unspecified atom stereocenters. The molecule has 17 heavy (non-hydrogen) atoms. The molecular weight excluding hydrogens is 300 g/mol. The Hall–Kier alpha value is -1.07. The molecule has 0 spiro atoms. The van der Waals surface area contributed by atoms with Gasteiger partial charge in [0, 0.05) is 15.5 Å². The van der Waals surface area contributed by atoms with E-state index in [1.54, 1.807) is 23.6 Å². The Balaban J connectivity index is 1.97. The Kier molecular flexibility index (Phi) is 4.02. The predicted octanol–water partition coefficient (Wildman–Crippen LogP) is 3.33. The van der Waals surface area contributed by atoms with Crippen molar-refractivity contribution < 1.29 is 4.79 Å². The Morgan fingerprint density at radius 3 is 3.06 bits per heavy atom. The SMILES string of the molecule is CCc1ccsc1CNC(=O)c1cc(Br)c[nH]1. The first-order valence-electron chi connectivity index (χ1n) is 5.38. The maximum absolute atomic E-state index is 11.8. The smallest absolute Gasteiger partial charge is 0.268 e. The minimum atomic E-state index is -0.0776. The van der Waals surface area contributed by atoms with Gasteiger partial charge in [-0.3, -0.25) is 4.79 Å². The Bertz CT molecular complexity index is 518. The number of thiophene rings is 1. The fraction of sp³-hybridized carbons (Fsp3) is 0.250. The van der Waals surface area contributed by atoms with Gasteiger partial charge in [-0.2, -0.15) is 0 Å². The second-order valence-corrected chi connectivity index (χ2v) is 5.55. The number of rotatable bonds is 4. The number of hydrogen-bond donors (Lipinski definition) is 2. The van der Waals surface area contributed by atoms with Gasteiger partial charge < -0.3 is 10.3 Å². The van der Waals surface area contributed by atoms with Crippen molar-refractivity contribution in [2.45, 2.75) is 19.9 Å². The minimum Gasteiger partial charge on any atom is -0.356 e. The van der Waals surface area contributed by atoms with Gasteiger partial charge in [0.1, 0.15) is 5.69 Å². The third-order valence-electron chi connectivity index (χ3n) is 2.52. The summed E-state index contributed by atoms with van der Waals surface area (Å²) in [6, 6.07) is 3.88. The van der Waals surface area contributed by atoms with Gasteiger partial charge >= 0.3 is 0 Å². The van der Waals surface area contributed by atoms with Gasteiger partial charge in [0.25, 0.3) is 5.91 Å². The fourth-order valence-electron chi connectivity index (χ4n) is 1.59. The molecule has 0 radical (unpaired) electrons. The van der Waals surface area contributed by atoms with Crippen LogP contribution in [0.1, 0.15) is 27.9 Å². The highest BCUT2D eigenvalue weighted by molar-refractivity contribution is 9.10. The van der Waals surface area contributed by atoms with Crippen LogP contribution in [0.5, 0.6) is 0 Å². The van der Waals surface area contributed by atoms with Crippen LogP contribution in [-0.2, 0) is 13.0 Å². The molecule has 0 aliphatic heterocycles. The van der Waals surface area contributed by atoms with E-state index in [0.717, 1.165) is 10.9 Å². The van der Waals surface area contributed by atoms with Gasteiger partial charge in [0.15, 0.2) is 0 Å². The van der Waals surface area contributed by atoms with Crippen molar-refractivity contribution in [3.63, 3.8) is 0 Å². The van der Waals surface area contributed by atoms with E-state index in [1.807, 2.05) is 0 Å². The molecule has 0 fully saturated rings. The number of aromatic nitrogens is 1. The lowest BCUT2D eigenvalue weighted by atomic mass is 10.2. The first kappa shape index (κ1) is 12.4. The van der Waals surface area contributed by atoms with Crippen molar-refractivity contribution in [1.29, 1.82) is 0 Å². The van der Waals surface area contributed by atoms with Crippen LogP contribution in [-0.4, -0.2) is 10.9 Å². The summed E-state index contributed by atoms with van der Waals surface area (Å²) in [5, 5.41) is 4.97. The van der Waals surface area contributed by atoms with Crippen LogP contribution in [0.25, 0.3) is 0 Å². The maximum Gasteiger partial charge on any atom is 0.268 e. The quantitative estimate of drug-likeness (QED) is 0.893. The van der Waals surface area contributed by atoms with E-state index in [4.69, 9.17) is 0 Å². The molecule has 0 saturated heterocycles. The third-order valence-corrected chi connectivity index (χ3v) is 3.94.